The van der Waals surface area contributed by atoms with Gasteiger partial charge in [-0.2, -0.15) is 0 Å². The van der Waals surface area contributed by atoms with Gasteiger partial charge < -0.3 is 19.6 Å². The molecule has 0 aliphatic rings. The maximum atomic E-state index is 12.4. The Bertz CT molecular complexity index is 1100. The molecule has 3 rings (SSSR count). The van der Waals surface area contributed by atoms with Gasteiger partial charge in [0.1, 0.15) is 29.4 Å². The van der Waals surface area contributed by atoms with Crippen LogP contribution in [-0.2, 0) is 4.79 Å². The normalized spacial score (nSPS) is 12.4. The van der Waals surface area contributed by atoms with E-state index in [1.165, 1.54) is 18.2 Å². The quantitative estimate of drug-likeness (QED) is 0.249. The van der Waals surface area contributed by atoms with Crippen LogP contribution in [0.15, 0.2) is 59.0 Å². The van der Waals surface area contributed by atoms with E-state index in [0.717, 1.165) is 5.39 Å². The summed E-state index contributed by atoms with van der Waals surface area (Å²) in [6, 6.07) is 12.7. The molecule has 0 bridgehead atoms. The summed E-state index contributed by atoms with van der Waals surface area (Å²) in [6.45, 7) is 3.97. The fraction of sp³-hybridized carbons (Fsp3) is 0.217. The number of benzene rings is 2. The van der Waals surface area contributed by atoms with Crippen LogP contribution in [0, 0.1) is 0 Å². The molecule has 0 aliphatic carbocycles. The number of hydrogen-bond acceptors (Lipinski definition) is 6. The number of carbonyl (C=O) groups is 2. The number of ether oxygens (including phenoxy) is 1. The van der Waals surface area contributed by atoms with Crippen molar-refractivity contribution >= 4 is 28.4 Å². The van der Waals surface area contributed by atoms with Crippen molar-refractivity contribution in [3.8, 4) is 11.5 Å². The number of carbonyl (C=O) groups excluding carboxylic acids is 2. The monoisotopic (exact) mass is 424 g/mol. The first-order valence-corrected chi connectivity index (χ1v) is 9.78. The molecule has 31 heavy (non-hydrogen) atoms. The van der Waals surface area contributed by atoms with E-state index in [9.17, 15) is 14.7 Å². The second-order valence-corrected chi connectivity index (χ2v) is 7.05. The Kier molecular flexibility index (Phi) is 6.94. The van der Waals surface area contributed by atoms with Crippen molar-refractivity contribution in [3.05, 3.63) is 65.9 Å². The molecule has 2 amide bonds. The number of allylic oxidation sites excluding steroid dienone is 1. The van der Waals surface area contributed by atoms with Gasteiger partial charge in [0.05, 0.1) is 6.04 Å². The zero-order valence-electron chi connectivity index (χ0n) is 17.2. The number of amides is 2. The smallest absolute Gasteiger partial charge is 0.274 e. The van der Waals surface area contributed by atoms with E-state index in [4.69, 9.17) is 14.4 Å². The standard InChI is InChI=1S/C23H24N2O6/c1-3-17(13-30-19-7-4-15(5-8-19)23(28)25-29)24-22(27)10-14(2)21-12-16-11-18(26)6-9-20(16)31-21/h4-12,17,26,29H,3,13H2,1-2H3,(H,24,27)(H,25,28)/t17-/m0/s1. The third-order valence-electron chi connectivity index (χ3n) is 4.74. The molecule has 0 fully saturated rings. The van der Waals surface area contributed by atoms with Crippen molar-refractivity contribution in [2.45, 2.75) is 26.3 Å². The van der Waals surface area contributed by atoms with Gasteiger partial charge in [-0.3, -0.25) is 14.8 Å². The van der Waals surface area contributed by atoms with Crippen molar-refractivity contribution < 1.29 is 29.1 Å². The zero-order chi connectivity index (χ0) is 22.4. The Morgan fingerprint density at radius 3 is 2.58 bits per heavy atom. The molecule has 0 aliphatic heterocycles. The van der Waals surface area contributed by atoms with E-state index in [1.807, 2.05) is 6.92 Å². The summed E-state index contributed by atoms with van der Waals surface area (Å²) in [5.74, 6) is 0.364. The lowest BCUT2D eigenvalue weighted by atomic mass is 10.1. The summed E-state index contributed by atoms with van der Waals surface area (Å²) in [5.41, 5.74) is 3.15. The lowest BCUT2D eigenvalue weighted by Gasteiger charge is -2.17. The van der Waals surface area contributed by atoms with Crippen molar-refractivity contribution in [3.63, 3.8) is 0 Å². The molecule has 1 atom stereocenters. The highest BCUT2D eigenvalue weighted by atomic mass is 16.5. The largest absolute Gasteiger partial charge is 0.508 e. The van der Waals surface area contributed by atoms with E-state index >= 15 is 0 Å². The first kappa shape index (κ1) is 21.9. The molecular formula is C23H24N2O6. The number of rotatable bonds is 8. The maximum absolute atomic E-state index is 12.4. The second-order valence-electron chi connectivity index (χ2n) is 7.05. The Balaban J connectivity index is 1.58. The van der Waals surface area contributed by atoms with Crippen LogP contribution in [0.5, 0.6) is 11.5 Å². The number of hydrogen-bond donors (Lipinski definition) is 4. The van der Waals surface area contributed by atoms with E-state index in [0.29, 0.717) is 34.7 Å². The van der Waals surface area contributed by atoms with Gasteiger partial charge in [-0.1, -0.05) is 6.92 Å². The number of fused-ring (bicyclic) bond motifs is 1. The van der Waals surface area contributed by atoms with Gasteiger partial charge in [-0.05, 0) is 67.4 Å². The van der Waals surface area contributed by atoms with Gasteiger partial charge >= 0.3 is 0 Å². The van der Waals surface area contributed by atoms with Gasteiger partial charge in [0.25, 0.3) is 5.91 Å². The molecule has 0 unspecified atom stereocenters. The highest BCUT2D eigenvalue weighted by molar-refractivity contribution is 5.95. The molecule has 162 valence electrons. The van der Waals surface area contributed by atoms with E-state index < -0.39 is 5.91 Å². The molecule has 4 N–H and O–H groups in total. The average molecular weight is 424 g/mol. The minimum Gasteiger partial charge on any atom is -0.508 e. The van der Waals surface area contributed by atoms with Crippen molar-refractivity contribution in [2.24, 2.45) is 0 Å². The molecule has 0 saturated carbocycles. The molecule has 0 saturated heterocycles. The third kappa shape index (κ3) is 5.64. The van der Waals surface area contributed by atoms with Crippen molar-refractivity contribution in [2.75, 3.05) is 6.61 Å². The summed E-state index contributed by atoms with van der Waals surface area (Å²) in [4.78, 5) is 23.8. The number of phenolic OH excluding ortho intramolecular Hbond substituents is 1. The third-order valence-corrected chi connectivity index (χ3v) is 4.74. The molecule has 0 radical (unpaired) electrons. The molecule has 1 aromatic heterocycles. The molecule has 8 nitrogen and oxygen atoms in total. The molecule has 0 spiro atoms. The number of aromatic hydroxyl groups is 1. The molecular weight excluding hydrogens is 400 g/mol. The van der Waals surface area contributed by atoms with Crippen LogP contribution < -0.4 is 15.5 Å². The summed E-state index contributed by atoms with van der Waals surface area (Å²) in [5, 5.41) is 21.9. The first-order chi connectivity index (χ1) is 14.9. The highest BCUT2D eigenvalue weighted by Crippen LogP contribution is 2.27. The fourth-order valence-corrected chi connectivity index (χ4v) is 2.96. The van der Waals surface area contributed by atoms with E-state index in [1.54, 1.807) is 48.8 Å². The summed E-state index contributed by atoms with van der Waals surface area (Å²) in [6.07, 6.45) is 2.12. The van der Waals surface area contributed by atoms with Gasteiger partial charge in [0, 0.05) is 17.0 Å². The predicted molar refractivity (Wildman–Crippen MR) is 115 cm³/mol. The average Bonchev–Trinajstić information content (AvgIpc) is 3.19. The van der Waals surface area contributed by atoms with Gasteiger partial charge in [0.15, 0.2) is 0 Å². The minimum atomic E-state index is -0.603. The molecule has 2 aromatic carbocycles. The van der Waals surface area contributed by atoms with Crippen LogP contribution in [-0.4, -0.2) is 34.8 Å². The Morgan fingerprint density at radius 1 is 1.16 bits per heavy atom. The molecule has 3 aromatic rings. The fourth-order valence-electron chi connectivity index (χ4n) is 2.96. The Morgan fingerprint density at radius 2 is 1.90 bits per heavy atom. The summed E-state index contributed by atoms with van der Waals surface area (Å²) in [7, 11) is 0. The Hall–Kier alpha value is -3.78. The van der Waals surface area contributed by atoms with Crippen LogP contribution in [0.4, 0.5) is 0 Å². The van der Waals surface area contributed by atoms with Gasteiger partial charge in [-0.25, -0.2) is 5.48 Å². The van der Waals surface area contributed by atoms with E-state index in [2.05, 4.69) is 5.32 Å². The summed E-state index contributed by atoms with van der Waals surface area (Å²) < 4.78 is 11.4. The number of nitrogens with one attached hydrogen (secondary N) is 2. The second kappa shape index (κ2) is 9.82. The van der Waals surface area contributed by atoms with Gasteiger partial charge in [-0.15, -0.1) is 0 Å². The van der Waals surface area contributed by atoms with Crippen LogP contribution in [0.2, 0.25) is 0 Å². The highest BCUT2D eigenvalue weighted by Gasteiger charge is 2.13. The van der Waals surface area contributed by atoms with Crippen LogP contribution >= 0.6 is 0 Å². The molecule has 1 heterocycles. The van der Waals surface area contributed by atoms with E-state index in [-0.39, 0.29) is 24.3 Å². The number of hydroxylamine groups is 1. The SMILES string of the molecule is CC[C@@H](COc1ccc(C(=O)NO)cc1)NC(=O)C=C(C)c1cc2cc(O)ccc2o1. The number of phenols is 1. The van der Waals surface area contributed by atoms with Crippen LogP contribution in [0.1, 0.15) is 36.4 Å². The van der Waals surface area contributed by atoms with Crippen LogP contribution in [0.3, 0.4) is 0 Å². The maximum Gasteiger partial charge on any atom is 0.274 e. The predicted octanol–water partition coefficient (Wildman–Crippen LogP) is 3.63. The zero-order valence-corrected chi connectivity index (χ0v) is 17.2. The minimum absolute atomic E-state index is 0.149. The lowest BCUT2D eigenvalue weighted by molar-refractivity contribution is -0.117. The van der Waals surface area contributed by atoms with Gasteiger partial charge in [0.2, 0.25) is 5.91 Å². The first-order valence-electron chi connectivity index (χ1n) is 9.78. The lowest BCUT2D eigenvalue weighted by Crippen LogP contribution is -2.37. The van der Waals surface area contributed by atoms with Crippen LogP contribution in [0.25, 0.3) is 16.5 Å². The molecule has 8 heteroatoms. The summed E-state index contributed by atoms with van der Waals surface area (Å²) >= 11 is 0. The van der Waals surface area contributed by atoms with Crippen molar-refractivity contribution in [1.82, 2.24) is 10.8 Å². The number of furan rings is 1. The Labute approximate surface area is 179 Å². The topological polar surface area (TPSA) is 121 Å². The van der Waals surface area contributed by atoms with Crippen molar-refractivity contribution in [1.29, 1.82) is 0 Å².